The molecule has 0 aliphatic carbocycles. The largest absolute Gasteiger partial charge is 0.375 e. The highest BCUT2D eigenvalue weighted by molar-refractivity contribution is 6.19. The molecule has 0 spiro atoms. The average molecular weight is 546 g/mol. The van der Waals surface area contributed by atoms with Crippen LogP contribution in [-0.2, 0) is 16.1 Å². The van der Waals surface area contributed by atoms with E-state index in [0.717, 1.165) is 49.4 Å². The number of hydrogen-bond acceptors (Lipinski definition) is 6. The number of hydrogen-bond donors (Lipinski definition) is 1. The molecule has 0 aromatic heterocycles. The Labute approximate surface area is 241 Å². The summed E-state index contributed by atoms with van der Waals surface area (Å²) >= 11 is 0. The molecule has 7 heteroatoms. The summed E-state index contributed by atoms with van der Waals surface area (Å²) in [7, 11) is 6.22. The van der Waals surface area contributed by atoms with Gasteiger partial charge in [-0.15, -0.1) is 0 Å². The molecule has 0 saturated heterocycles. The van der Waals surface area contributed by atoms with E-state index in [4.69, 9.17) is 4.74 Å². The van der Waals surface area contributed by atoms with Crippen molar-refractivity contribution in [3.63, 3.8) is 0 Å². The van der Waals surface area contributed by atoms with E-state index in [1.807, 2.05) is 30.0 Å². The van der Waals surface area contributed by atoms with Crippen molar-refractivity contribution in [1.29, 1.82) is 0 Å². The van der Waals surface area contributed by atoms with Gasteiger partial charge < -0.3 is 24.8 Å². The van der Waals surface area contributed by atoms with Crippen molar-refractivity contribution in [2.75, 3.05) is 52.2 Å². The number of carbonyl (C=O) groups excluding carboxylic acids is 1. The second kappa shape index (κ2) is 15.4. The van der Waals surface area contributed by atoms with Crippen LogP contribution in [0.1, 0.15) is 50.8 Å². The molecule has 2 aromatic carbocycles. The molecule has 1 aliphatic heterocycles. The number of anilines is 1. The second-order valence-corrected chi connectivity index (χ2v) is 10.7. The lowest BCUT2D eigenvalue weighted by atomic mass is 9.98. The van der Waals surface area contributed by atoms with Crippen molar-refractivity contribution in [3.8, 4) is 0 Å². The number of rotatable bonds is 14. The average Bonchev–Trinajstić information content (AvgIpc) is 3.07. The monoisotopic (exact) mass is 545 g/mol. The molecule has 2 unspecified atom stereocenters. The first-order valence-electron chi connectivity index (χ1n) is 14.4. The Kier molecular flexibility index (Phi) is 12.0. The highest BCUT2D eigenvalue weighted by Gasteiger charge is 2.30. The van der Waals surface area contributed by atoms with Gasteiger partial charge in [0, 0.05) is 50.8 Å². The number of benzene rings is 2. The van der Waals surface area contributed by atoms with E-state index >= 15 is 0 Å². The van der Waals surface area contributed by atoms with Crippen molar-refractivity contribution in [3.05, 3.63) is 89.4 Å². The van der Waals surface area contributed by atoms with E-state index < -0.39 is 0 Å². The molecule has 0 bridgehead atoms. The number of carbonyl (C=O) groups is 1. The molecule has 1 amide bonds. The van der Waals surface area contributed by atoms with Crippen LogP contribution in [0, 0.1) is 5.92 Å². The molecule has 0 radical (unpaired) electrons. The maximum Gasteiger partial charge on any atom is 0.261 e. The van der Waals surface area contributed by atoms with E-state index in [2.05, 4.69) is 98.1 Å². The van der Waals surface area contributed by atoms with Crippen LogP contribution in [0.3, 0.4) is 0 Å². The van der Waals surface area contributed by atoms with E-state index in [1.54, 1.807) is 6.21 Å². The minimum atomic E-state index is -0.0427. The summed E-state index contributed by atoms with van der Waals surface area (Å²) in [4.78, 5) is 24.8. The van der Waals surface area contributed by atoms with Crippen LogP contribution in [-0.4, -0.2) is 69.2 Å². The fraction of sp³-hybridized carbons (Fsp3) is 0.455. The lowest BCUT2D eigenvalue weighted by Gasteiger charge is -2.26. The number of allylic oxidation sites excluding steroid dienone is 1. The topological polar surface area (TPSA) is 60.4 Å². The van der Waals surface area contributed by atoms with Gasteiger partial charge in [-0.2, -0.15) is 0 Å². The van der Waals surface area contributed by atoms with Crippen molar-refractivity contribution in [2.45, 2.75) is 46.3 Å². The maximum absolute atomic E-state index is 14.1. The molecule has 1 heterocycles. The van der Waals surface area contributed by atoms with E-state index in [1.165, 1.54) is 5.56 Å². The van der Waals surface area contributed by atoms with Gasteiger partial charge in [0.15, 0.2) is 0 Å². The smallest absolute Gasteiger partial charge is 0.261 e. The normalized spacial score (nSPS) is 16.0. The quantitative estimate of drug-likeness (QED) is 0.312. The third-order valence-corrected chi connectivity index (χ3v) is 7.31. The molecule has 1 N–H and O–H groups in total. The molecule has 7 nitrogen and oxygen atoms in total. The predicted molar refractivity (Wildman–Crippen MR) is 166 cm³/mol. The van der Waals surface area contributed by atoms with E-state index in [-0.39, 0.29) is 17.9 Å². The molecule has 3 rings (SSSR count). The first kappa shape index (κ1) is 31.1. The van der Waals surface area contributed by atoms with Crippen LogP contribution >= 0.6 is 0 Å². The Morgan fingerprint density at radius 3 is 2.58 bits per heavy atom. The predicted octanol–water partition coefficient (Wildman–Crippen LogP) is 5.63. The van der Waals surface area contributed by atoms with Crippen molar-refractivity contribution >= 4 is 17.8 Å². The fourth-order valence-corrected chi connectivity index (χ4v) is 4.93. The van der Waals surface area contributed by atoms with Crippen LogP contribution < -0.4 is 10.2 Å². The molecule has 0 saturated carbocycles. The summed E-state index contributed by atoms with van der Waals surface area (Å²) in [5, 5.41) is 3.12. The first-order valence-corrected chi connectivity index (χ1v) is 14.4. The Morgan fingerprint density at radius 1 is 1.15 bits per heavy atom. The van der Waals surface area contributed by atoms with Gasteiger partial charge in [0.25, 0.3) is 5.91 Å². The third-order valence-electron chi connectivity index (χ3n) is 7.31. The van der Waals surface area contributed by atoms with Crippen LogP contribution in [0.2, 0.25) is 0 Å². The summed E-state index contributed by atoms with van der Waals surface area (Å²) < 4.78 is 6.46. The molecule has 40 heavy (non-hydrogen) atoms. The van der Waals surface area contributed by atoms with Gasteiger partial charge >= 0.3 is 0 Å². The highest BCUT2D eigenvalue weighted by Crippen LogP contribution is 2.29. The van der Waals surface area contributed by atoms with Crippen LogP contribution in [0.15, 0.2) is 83.3 Å². The number of amides is 1. The third kappa shape index (κ3) is 8.54. The van der Waals surface area contributed by atoms with Gasteiger partial charge in [0.2, 0.25) is 0 Å². The summed E-state index contributed by atoms with van der Waals surface area (Å²) in [5.74, 6) is 0.726. The number of aliphatic imine (C=N–C) groups is 1. The zero-order valence-electron chi connectivity index (χ0n) is 25.2. The zero-order valence-corrected chi connectivity index (χ0v) is 25.2. The molecular formula is C33H47N5O2. The number of likely N-dealkylation sites (N-methyl/N-ethyl adjacent to an activating group) is 1. The zero-order chi connectivity index (χ0) is 29.1. The Morgan fingerprint density at radius 2 is 1.90 bits per heavy atom. The van der Waals surface area contributed by atoms with Gasteiger partial charge in [-0.05, 0) is 63.0 Å². The molecule has 1 aliphatic rings. The standard InChI is InChI=1S/C33H47N5O2/c1-8-25(3)32-30(23-35-26(4)34-9-2)33(39)38(21-20-37(32)7)29-17-13-14-27(22-29)24-40-31(18-19-36(5)6)28-15-11-10-12-16-28/h10-17,22-23,25,31,34H,4,8-9,18-21,24H2,1-3,5-7H3/b35-23-. The lowest BCUT2D eigenvalue weighted by molar-refractivity contribution is -0.114. The first-order chi connectivity index (χ1) is 19.2. The van der Waals surface area contributed by atoms with Crippen molar-refractivity contribution in [2.24, 2.45) is 10.9 Å². The Bertz CT molecular complexity index is 1170. The summed E-state index contributed by atoms with van der Waals surface area (Å²) in [5.41, 5.74) is 4.72. The van der Waals surface area contributed by atoms with Gasteiger partial charge in [0.1, 0.15) is 5.82 Å². The SMILES string of the molecule is C=C(/N=C\C1=C(C(C)CC)N(C)CCN(c2cccc(COC(CCN(C)C)c3ccccc3)c2)C1=O)NCC. The number of nitrogens with zero attached hydrogens (tertiary/aromatic N) is 4. The molecule has 216 valence electrons. The van der Waals surface area contributed by atoms with Crippen LogP contribution in [0.5, 0.6) is 0 Å². The molecular weight excluding hydrogens is 498 g/mol. The molecule has 0 fully saturated rings. The van der Waals surface area contributed by atoms with Gasteiger partial charge in [-0.25, -0.2) is 4.99 Å². The Balaban J connectivity index is 1.87. The van der Waals surface area contributed by atoms with Gasteiger partial charge in [-0.1, -0.05) is 62.9 Å². The summed E-state index contributed by atoms with van der Waals surface area (Å²) in [6, 6.07) is 18.5. The highest BCUT2D eigenvalue weighted by atomic mass is 16.5. The summed E-state index contributed by atoms with van der Waals surface area (Å²) in [6.45, 7) is 13.7. The summed E-state index contributed by atoms with van der Waals surface area (Å²) in [6.07, 6.45) is 3.51. The number of ether oxygens (including phenoxy) is 1. The van der Waals surface area contributed by atoms with E-state index in [9.17, 15) is 4.79 Å². The van der Waals surface area contributed by atoms with Crippen molar-refractivity contribution < 1.29 is 9.53 Å². The van der Waals surface area contributed by atoms with Crippen LogP contribution in [0.4, 0.5) is 5.69 Å². The van der Waals surface area contributed by atoms with E-state index in [0.29, 0.717) is 24.5 Å². The lowest BCUT2D eigenvalue weighted by Crippen LogP contribution is -2.34. The Hall–Kier alpha value is -3.42. The van der Waals surface area contributed by atoms with Crippen LogP contribution in [0.25, 0.3) is 0 Å². The maximum atomic E-state index is 14.1. The van der Waals surface area contributed by atoms with Gasteiger partial charge in [-0.3, -0.25) is 4.79 Å². The van der Waals surface area contributed by atoms with Crippen molar-refractivity contribution in [1.82, 2.24) is 15.1 Å². The fourth-order valence-electron chi connectivity index (χ4n) is 4.93. The molecule has 2 atom stereocenters. The second-order valence-electron chi connectivity index (χ2n) is 10.7. The minimum Gasteiger partial charge on any atom is -0.375 e. The minimum absolute atomic E-state index is 0.00519. The van der Waals surface area contributed by atoms with Gasteiger partial charge in [0.05, 0.1) is 18.3 Å². The number of nitrogens with one attached hydrogen (secondary N) is 1. The molecule has 2 aromatic rings.